The maximum atomic E-state index is 12.2. The zero-order chi connectivity index (χ0) is 16.8. The number of ether oxygens (including phenoxy) is 1. The van der Waals surface area contributed by atoms with Crippen LogP contribution in [0.3, 0.4) is 0 Å². The fraction of sp³-hybridized carbons (Fsp3) is 0.529. The van der Waals surface area contributed by atoms with Gasteiger partial charge in [0.15, 0.2) is 10.8 Å². The van der Waals surface area contributed by atoms with Gasteiger partial charge in [-0.2, -0.15) is 0 Å². The van der Waals surface area contributed by atoms with Gasteiger partial charge in [0.1, 0.15) is 10.6 Å². The van der Waals surface area contributed by atoms with Crippen LogP contribution in [-0.4, -0.2) is 30.6 Å². The molecule has 0 fully saturated rings. The summed E-state index contributed by atoms with van der Waals surface area (Å²) in [5.41, 5.74) is 0.729. The minimum Gasteiger partial charge on any atom is -0.459 e. The normalized spacial score (nSPS) is 11.2. The van der Waals surface area contributed by atoms with Crippen molar-refractivity contribution >= 4 is 17.2 Å². The van der Waals surface area contributed by atoms with Gasteiger partial charge < -0.3 is 14.5 Å². The minimum absolute atomic E-state index is 0.0848. The minimum atomic E-state index is -0.0848. The van der Waals surface area contributed by atoms with E-state index < -0.39 is 0 Å². The summed E-state index contributed by atoms with van der Waals surface area (Å²) < 4.78 is 11.1. The molecule has 0 saturated carbocycles. The summed E-state index contributed by atoms with van der Waals surface area (Å²) in [4.78, 5) is 17.3. The number of furan rings is 1. The topological polar surface area (TPSA) is 64.4 Å². The Balaban J connectivity index is 1.84. The lowest BCUT2D eigenvalue weighted by molar-refractivity contribution is 0.0928. The van der Waals surface area contributed by atoms with Crippen LogP contribution in [0.5, 0.6) is 0 Å². The lowest BCUT2D eigenvalue weighted by Gasteiger charge is -2.07. The number of rotatable bonds is 8. The number of nitrogens with one attached hydrogen (secondary N) is 1. The van der Waals surface area contributed by atoms with Crippen molar-refractivity contribution in [1.82, 2.24) is 10.3 Å². The van der Waals surface area contributed by atoms with Crippen LogP contribution in [0.25, 0.3) is 10.8 Å². The largest absolute Gasteiger partial charge is 0.459 e. The van der Waals surface area contributed by atoms with Crippen molar-refractivity contribution in [2.24, 2.45) is 5.92 Å². The number of thiazole rings is 1. The molecule has 2 aromatic rings. The third-order valence-electron chi connectivity index (χ3n) is 3.16. The maximum Gasteiger partial charge on any atom is 0.263 e. The molecule has 0 bridgehead atoms. The third-order valence-corrected chi connectivity index (χ3v) is 4.33. The molecule has 126 valence electrons. The number of carbonyl (C=O) groups excluding carboxylic acids is 1. The van der Waals surface area contributed by atoms with E-state index >= 15 is 0 Å². The standard InChI is InChI=1S/C17H24N2O3S/c1-11(2)10-21-9-5-8-18-16(20)15-13(4)19-17(23-15)14-7-6-12(3)22-14/h6-7,11H,5,8-10H2,1-4H3,(H,18,20). The Labute approximate surface area is 141 Å². The number of hydrogen-bond acceptors (Lipinski definition) is 5. The predicted octanol–water partition coefficient (Wildman–Crippen LogP) is 3.81. The first-order valence-electron chi connectivity index (χ1n) is 7.87. The number of hydrogen-bond donors (Lipinski definition) is 1. The van der Waals surface area contributed by atoms with Gasteiger partial charge in [0.25, 0.3) is 5.91 Å². The van der Waals surface area contributed by atoms with Gasteiger partial charge >= 0.3 is 0 Å². The van der Waals surface area contributed by atoms with Gasteiger partial charge in [0.2, 0.25) is 0 Å². The van der Waals surface area contributed by atoms with E-state index in [2.05, 4.69) is 24.1 Å². The van der Waals surface area contributed by atoms with Crippen molar-refractivity contribution in [3.05, 3.63) is 28.5 Å². The van der Waals surface area contributed by atoms with Gasteiger partial charge in [-0.15, -0.1) is 11.3 Å². The highest BCUT2D eigenvalue weighted by atomic mass is 32.1. The fourth-order valence-corrected chi connectivity index (χ4v) is 2.98. The average molecular weight is 336 g/mol. The molecule has 0 aliphatic heterocycles. The molecule has 0 aliphatic rings. The van der Waals surface area contributed by atoms with Crippen LogP contribution in [0.1, 0.15) is 41.4 Å². The van der Waals surface area contributed by atoms with Gasteiger partial charge in [-0.1, -0.05) is 13.8 Å². The summed E-state index contributed by atoms with van der Waals surface area (Å²) in [6, 6.07) is 3.77. The summed E-state index contributed by atoms with van der Waals surface area (Å²) in [6.45, 7) is 9.99. The highest BCUT2D eigenvalue weighted by molar-refractivity contribution is 7.17. The summed E-state index contributed by atoms with van der Waals surface area (Å²) >= 11 is 1.36. The fourth-order valence-electron chi connectivity index (χ4n) is 2.04. The molecule has 0 spiro atoms. The molecule has 1 amide bonds. The lowest BCUT2D eigenvalue weighted by atomic mass is 10.2. The number of nitrogens with zero attached hydrogens (tertiary/aromatic N) is 1. The SMILES string of the molecule is Cc1ccc(-c2nc(C)c(C(=O)NCCCOCC(C)C)s2)o1. The van der Waals surface area contributed by atoms with Gasteiger partial charge in [-0.05, 0) is 38.3 Å². The number of carbonyl (C=O) groups is 1. The number of aryl methyl sites for hydroxylation is 2. The summed E-state index contributed by atoms with van der Waals surface area (Å²) in [6.07, 6.45) is 0.806. The molecule has 0 saturated heterocycles. The Morgan fingerprint density at radius 2 is 2.17 bits per heavy atom. The van der Waals surface area contributed by atoms with Crippen LogP contribution in [0.4, 0.5) is 0 Å². The van der Waals surface area contributed by atoms with Gasteiger partial charge in [0.05, 0.1) is 5.69 Å². The lowest BCUT2D eigenvalue weighted by Crippen LogP contribution is -2.25. The second-order valence-corrected chi connectivity index (χ2v) is 6.92. The van der Waals surface area contributed by atoms with E-state index in [1.165, 1.54) is 11.3 Å². The van der Waals surface area contributed by atoms with Crippen molar-refractivity contribution in [2.45, 2.75) is 34.1 Å². The van der Waals surface area contributed by atoms with E-state index in [-0.39, 0.29) is 5.91 Å². The van der Waals surface area contributed by atoms with Crippen LogP contribution < -0.4 is 5.32 Å². The molecule has 0 radical (unpaired) electrons. The number of aromatic nitrogens is 1. The zero-order valence-corrected chi connectivity index (χ0v) is 15.0. The molecule has 0 unspecified atom stereocenters. The monoisotopic (exact) mass is 336 g/mol. The second kappa shape index (κ2) is 8.26. The van der Waals surface area contributed by atoms with E-state index in [0.717, 1.165) is 29.5 Å². The van der Waals surface area contributed by atoms with Gasteiger partial charge in [-0.25, -0.2) is 4.98 Å². The zero-order valence-electron chi connectivity index (χ0n) is 14.1. The molecular formula is C17H24N2O3S. The molecular weight excluding hydrogens is 312 g/mol. The third kappa shape index (κ3) is 5.18. The van der Waals surface area contributed by atoms with Crippen molar-refractivity contribution in [3.8, 4) is 10.8 Å². The molecule has 6 heteroatoms. The molecule has 2 rings (SSSR count). The van der Waals surface area contributed by atoms with E-state index in [1.807, 2.05) is 26.0 Å². The van der Waals surface area contributed by atoms with Crippen molar-refractivity contribution in [2.75, 3.05) is 19.8 Å². The highest BCUT2D eigenvalue weighted by Gasteiger charge is 2.17. The predicted molar refractivity (Wildman–Crippen MR) is 91.9 cm³/mol. The summed E-state index contributed by atoms with van der Waals surface area (Å²) in [7, 11) is 0. The van der Waals surface area contributed by atoms with Crippen LogP contribution >= 0.6 is 11.3 Å². The average Bonchev–Trinajstić information content (AvgIpc) is 3.08. The van der Waals surface area contributed by atoms with Crippen molar-refractivity contribution < 1.29 is 13.9 Å². The Morgan fingerprint density at radius 1 is 1.39 bits per heavy atom. The van der Waals surface area contributed by atoms with Crippen LogP contribution in [0, 0.1) is 19.8 Å². The Bertz CT molecular complexity index is 646. The maximum absolute atomic E-state index is 12.2. The van der Waals surface area contributed by atoms with Crippen molar-refractivity contribution in [3.63, 3.8) is 0 Å². The molecule has 0 aliphatic carbocycles. The Hall–Kier alpha value is -1.66. The first-order valence-corrected chi connectivity index (χ1v) is 8.69. The number of amides is 1. The Kier molecular flexibility index (Phi) is 6.36. The second-order valence-electron chi connectivity index (χ2n) is 5.92. The van der Waals surface area contributed by atoms with Crippen LogP contribution in [-0.2, 0) is 4.74 Å². The van der Waals surface area contributed by atoms with E-state index in [1.54, 1.807) is 0 Å². The summed E-state index contributed by atoms with van der Waals surface area (Å²) in [5.74, 6) is 1.99. The Morgan fingerprint density at radius 3 is 2.83 bits per heavy atom. The summed E-state index contributed by atoms with van der Waals surface area (Å²) in [5, 5.41) is 3.66. The molecule has 2 aromatic heterocycles. The van der Waals surface area contributed by atoms with E-state index in [9.17, 15) is 4.79 Å². The first kappa shape index (κ1) is 17.7. The van der Waals surface area contributed by atoms with Crippen LogP contribution in [0.2, 0.25) is 0 Å². The first-order chi connectivity index (χ1) is 11.0. The molecule has 23 heavy (non-hydrogen) atoms. The molecule has 1 N–H and O–H groups in total. The highest BCUT2D eigenvalue weighted by Crippen LogP contribution is 2.29. The van der Waals surface area contributed by atoms with Gasteiger partial charge in [0, 0.05) is 19.8 Å². The molecule has 2 heterocycles. The van der Waals surface area contributed by atoms with E-state index in [0.29, 0.717) is 29.7 Å². The molecule has 0 atom stereocenters. The van der Waals surface area contributed by atoms with Crippen molar-refractivity contribution in [1.29, 1.82) is 0 Å². The molecule has 0 aromatic carbocycles. The van der Waals surface area contributed by atoms with E-state index in [4.69, 9.17) is 9.15 Å². The van der Waals surface area contributed by atoms with Crippen LogP contribution in [0.15, 0.2) is 16.5 Å². The smallest absolute Gasteiger partial charge is 0.263 e. The van der Waals surface area contributed by atoms with Gasteiger partial charge in [-0.3, -0.25) is 4.79 Å². The quantitative estimate of drug-likeness (QED) is 0.745. The molecule has 5 nitrogen and oxygen atoms in total.